The highest BCUT2D eigenvalue weighted by Crippen LogP contribution is 2.35. The topological polar surface area (TPSA) is 85.4 Å². The number of hydrogen-bond donors (Lipinski definition) is 1. The van der Waals surface area contributed by atoms with Gasteiger partial charge < -0.3 is 4.74 Å². The predicted molar refractivity (Wildman–Crippen MR) is 103 cm³/mol. The van der Waals surface area contributed by atoms with Gasteiger partial charge in [-0.1, -0.05) is 23.4 Å². The van der Waals surface area contributed by atoms with Crippen molar-refractivity contribution in [1.29, 1.82) is 0 Å². The van der Waals surface area contributed by atoms with Gasteiger partial charge in [0.05, 0.1) is 17.9 Å². The Morgan fingerprint density at radius 1 is 1.33 bits per heavy atom. The van der Waals surface area contributed by atoms with Crippen molar-refractivity contribution in [3.8, 4) is 5.88 Å². The number of pyridine rings is 1. The lowest BCUT2D eigenvalue weighted by Crippen LogP contribution is -2.30. The monoisotopic (exact) mass is 432 g/mol. The van der Waals surface area contributed by atoms with Crippen LogP contribution in [0.25, 0.3) is 0 Å². The molecule has 146 valence electrons. The number of hydrogen-bond acceptors (Lipinski definition) is 6. The molecule has 0 bridgehead atoms. The Labute approximate surface area is 166 Å². The Hall–Kier alpha value is -1.84. The van der Waals surface area contributed by atoms with Crippen molar-refractivity contribution < 1.29 is 22.3 Å². The molecule has 0 aliphatic heterocycles. The first kappa shape index (κ1) is 21.5. The molecule has 0 aliphatic rings. The van der Waals surface area contributed by atoms with Crippen LogP contribution in [0.3, 0.4) is 0 Å². The first-order chi connectivity index (χ1) is 12.5. The molecule has 0 radical (unpaired) electrons. The predicted octanol–water partition coefficient (Wildman–Crippen LogP) is 3.81. The van der Waals surface area contributed by atoms with E-state index in [4.69, 9.17) is 16.3 Å². The minimum atomic E-state index is -3.78. The van der Waals surface area contributed by atoms with E-state index >= 15 is 0 Å². The van der Waals surface area contributed by atoms with Gasteiger partial charge in [0.2, 0.25) is 15.9 Å². The molecule has 0 saturated heterocycles. The van der Waals surface area contributed by atoms with Crippen LogP contribution in [0.5, 0.6) is 5.88 Å². The van der Waals surface area contributed by atoms with Crippen LogP contribution in [0.15, 0.2) is 34.2 Å². The average Bonchev–Trinajstić information content (AvgIpc) is 2.51. The van der Waals surface area contributed by atoms with Crippen molar-refractivity contribution >= 4 is 39.3 Å². The van der Waals surface area contributed by atoms with E-state index in [1.54, 1.807) is 23.9 Å². The lowest BCUT2D eigenvalue weighted by molar-refractivity contribution is 0.0977. The second kappa shape index (κ2) is 8.45. The van der Waals surface area contributed by atoms with Gasteiger partial charge >= 0.3 is 0 Å². The zero-order valence-electron chi connectivity index (χ0n) is 15.0. The van der Waals surface area contributed by atoms with Crippen LogP contribution >= 0.6 is 23.4 Å². The molecule has 2 rings (SSSR count). The number of nitrogens with zero attached hydrogens (tertiary/aromatic N) is 1. The number of sulfonamides is 1. The molecule has 1 aromatic carbocycles. The molecule has 0 fully saturated rings. The van der Waals surface area contributed by atoms with Gasteiger partial charge in [-0.3, -0.25) is 4.79 Å². The molecule has 0 spiro atoms. The summed E-state index contributed by atoms with van der Waals surface area (Å²) in [6.07, 6.45) is 2.30. The highest BCUT2D eigenvalue weighted by Gasteiger charge is 2.18. The first-order valence-electron chi connectivity index (χ1n) is 7.78. The molecule has 1 amide bonds. The summed E-state index contributed by atoms with van der Waals surface area (Å²) >= 11 is 7.37. The minimum absolute atomic E-state index is 0.0736. The average molecular weight is 433 g/mol. The van der Waals surface area contributed by atoms with Crippen LogP contribution in [0.1, 0.15) is 29.8 Å². The Morgan fingerprint density at radius 3 is 2.56 bits per heavy atom. The quantitative estimate of drug-likeness (QED) is 0.747. The van der Waals surface area contributed by atoms with E-state index in [0.29, 0.717) is 26.3 Å². The minimum Gasteiger partial charge on any atom is -0.474 e. The van der Waals surface area contributed by atoms with Gasteiger partial charge in [0.15, 0.2) is 0 Å². The molecule has 0 atom stereocenters. The van der Waals surface area contributed by atoms with Crippen LogP contribution in [0.4, 0.5) is 4.39 Å². The molecule has 2 aromatic rings. The third kappa shape index (κ3) is 6.08. The molecule has 10 heteroatoms. The Bertz CT molecular complexity index is 981. The summed E-state index contributed by atoms with van der Waals surface area (Å²) < 4.78 is 43.8. The summed E-state index contributed by atoms with van der Waals surface area (Å²) in [6, 6.07) is 4.12. The number of carbonyl (C=O) groups is 1. The highest BCUT2D eigenvalue weighted by atomic mass is 35.5. The Morgan fingerprint density at radius 2 is 2.00 bits per heavy atom. The standard InChI is InChI=1S/C17H18ClFN2O4S2/c1-9(2)25-17-13(18)6-11(8-20-17)26-15-7-14(19)12(5-10(15)3)16(22)21-27(4,23)24/h5-9H,1-4H3,(H,21,22). The van der Waals surface area contributed by atoms with Crippen LogP contribution in [0.2, 0.25) is 5.02 Å². The third-order valence-corrected chi connectivity index (χ3v) is 5.09. The van der Waals surface area contributed by atoms with Gasteiger partial charge in [0.1, 0.15) is 10.8 Å². The van der Waals surface area contributed by atoms with E-state index in [2.05, 4.69) is 4.98 Å². The van der Waals surface area contributed by atoms with Crippen molar-refractivity contribution in [3.63, 3.8) is 0 Å². The number of nitrogens with one attached hydrogen (secondary N) is 1. The number of halogens is 2. The normalized spacial score (nSPS) is 11.5. The summed E-state index contributed by atoms with van der Waals surface area (Å²) in [5, 5.41) is 0.330. The number of rotatable bonds is 6. The molecule has 6 nitrogen and oxygen atoms in total. The zero-order chi connectivity index (χ0) is 20.4. The molecule has 1 N–H and O–H groups in total. The second-order valence-electron chi connectivity index (χ2n) is 6.03. The largest absolute Gasteiger partial charge is 0.474 e. The molecule has 1 heterocycles. The highest BCUT2D eigenvalue weighted by molar-refractivity contribution is 7.99. The Kier molecular flexibility index (Phi) is 6.72. The lowest BCUT2D eigenvalue weighted by atomic mass is 10.1. The molecule has 0 unspecified atom stereocenters. The maximum Gasteiger partial charge on any atom is 0.267 e. The van der Waals surface area contributed by atoms with Gasteiger partial charge in [-0.05, 0) is 44.5 Å². The van der Waals surface area contributed by atoms with Crippen LogP contribution in [-0.2, 0) is 10.0 Å². The van der Waals surface area contributed by atoms with Crippen molar-refractivity contribution in [2.24, 2.45) is 0 Å². The number of benzene rings is 1. The fraction of sp³-hybridized carbons (Fsp3) is 0.294. The molecular formula is C17H18ClFN2O4S2. The SMILES string of the molecule is Cc1cc(C(=O)NS(C)(=O)=O)c(F)cc1Sc1cnc(OC(C)C)c(Cl)c1. The van der Waals surface area contributed by atoms with E-state index in [1.807, 2.05) is 13.8 Å². The smallest absolute Gasteiger partial charge is 0.267 e. The van der Waals surface area contributed by atoms with E-state index in [-0.39, 0.29) is 11.7 Å². The van der Waals surface area contributed by atoms with Gasteiger partial charge in [-0.25, -0.2) is 22.5 Å². The summed E-state index contributed by atoms with van der Waals surface area (Å²) in [4.78, 5) is 17.2. The van der Waals surface area contributed by atoms with Crippen molar-refractivity contribution in [2.75, 3.05) is 6.26 Å². The molecule has 0 aliphatic carbocycles. The van der Waals surface area contributed by atoms with Gasteiger partial charge in [-0.15, -0.1) is 0 Å². The van der Waals surface area contributed by atoms with Gasteiger partial charge in [-0.2, -0.15) is 0 Å². The molecular weight excluding hydrogens is 415 g/mol. The van der Waals surface area contributed by atoms with Gasteiger partial charge in [0, 0.05) is 16.0 Å². The maximum absolute atomic E-state index is 14.3. The summed E-state index contributed by atoms with van der Waals surface area (Å²) in [5.74, 6) is -1.54. The van der Waals surface area contributed by atoms with E-state index < -0.39 is 21.7 Å². The lowest BCUT2D eigenvalue weighted by Gasteiger charge is -2.12. The van der Waals surface area contributed by atoms with Crippen molar-refractivity contribution in [1.82, 2.24) is 9.71 Å². The fourth-order valence-electron chi connectivity index (χ4n) is 2.07. The fourth-order valence-corrected chi connectivity index (χ4v) is 3.71. The third-order valence-electron chi connectivity index (χ3n) is 3.14. The molecule has 0 saturated carbocycles. The summed E-state index contributed by atoms with van der Waals surface area (Å²) in [7, 11) is -3.78. The van der Waals surface area contributed by atoms with E-state index in [1.165, 1.54) is 23.9 Å². The van der Waals surface area contributed by atoms with Crippen molar-refractivity contribution in [2.45, 2.75) is 36.7 Å². The van der Waals surface area contributed by atoms with Crippen LogP contribution in [0, 0.1) is 12.7 Å². The molecule has 1 aromatic heterocycles. The van der Waals surface area contributed by atoms with Gasteiger partial charge in [0.25, 0.3) is 5.91 Å². The first-order valence-corrected chi connectivity index (χ1v) is 10.9. The maximum atomic E-state index is 14.3. The number of aromatic nitrogens is 1. The molecule has 27 heavy (non-hydrogen) atoms. The van der Waals surface area contributed by atoms with Crippen molar-refractivity contribution in [3.05, 3.63) is 46.4 Å². The number of ether oxygens (including phenoxy) is 1. The van der Waals surface area contributed by atoms with Crippen LogP contribution in [-0.4, -0.2) is 31.7 Å². The van der Waals surface area contributed by atoms with Crippen LogP contribution < -0.4 is 9.46 Å². The number of carbonyl (C=O) groups excluding carboxylic acids is 1. The number of aryl methyl sites for hydroxylation is 1. The summed E-state index contributed by atoms with van der Waals surface area (Å²) in [6.45, 7) is 5.40. The van der Waals surface area contributed by atoms with E-state index in [0.717, 1.165) is 6.26 Å². The Balaban J connectivity index is 2.26. The number of amides is 1. The summed E-state index contributed by atoms with van der Waals surface area (Å²) in [5.41, 5.74) is 0.248. The zero-order valence-corrected chi connectivity index (χ0v) is 17.4. The van der Waals surface area contributed by atoms with E-state index in [9.17, 15) is 17.6 Å². The second-order valence-corrected chi connectivity index (χ2v) is 9.30.